The normalized spacial score (nSPS) is 15.5. The molecule has 1 aromatic rings. The Balaban J connectivity index is 1.74. The van der Waals surface area contributed by atoms with E-state index in [2.05, 4.69) is 33.2 Å². The summed E-state index contributed by atoms with van der Waals surface area (Å²) in [5.41, 5.74) is 0.789. The highest BCUT2D eigenvalue weighted by Crippen LogP contribution is 2.18. The Labute approximate surface area is 132 Å². The van der Waals surface area contributed by atoms with E-state index in [1.165, 1.54) is 0 Å². The summed E-state index contributed by atoms with van der Waals surface area (Å²) in [4.78, 5) is 24.4. The van der Waals surface area contributed by atoms with Crippen LogP contribution in [0.25, 0.3) is 0 Å². The molecule has 1 aliphatic rings. The van der Waals surface area contributed by atoms with E-state index >= 15 is 0 Å². The van der Waals surface area contributed by atoms with Gasteiger partial charge in [-0.15, -0.1) is 0 Å². The van der Waals surface area contributed by atoms with Gasteiger partial charge in [-0.1, -0.05) is 6.07 Å². The van der Waals surface area contributed by atoms with E-state index in [9.17, 15) is 9.59 Å². The molecule has 5 nitrogen and oxygen atoms in total. The molecule has 6 heteroatoms. The summed E-state index contributed by atoms with van der Waals surface area (Å²) in [6.45, 7) is 0.611. The Hall–Kier alpha value is -1.15. The van der Waals surface area contributed by atoms with Crippen molar-refractivity contribution < 1.29 is 14.5 Å². The van der Waals surface area contributed by atoms with Crippen LogP contribution in [0.3, 0.4) is 0 Å². The number of quaternary nitrogens is 1. The molecule has 0 radical (unpaired) electrons. The highest BCUT2D eigenvalue weighted by atomic mass is 127. The summed E-state index contributed by atoms with van der Waals surface area (Å²) >= 11 is 2.20. The first-order chi connectivity index (χ1) is 9.52. The zero-order valence-electron chi connectivity index (χ0n) is 11.4. The number of benzene rings is 1. The monoisotopic (exact) mass is 388 g/mol. The first-order valence-corrected chi connectivity index (χ1v) is 7.77. The average molecular weight is 388 g/mol. The number of carbonyl (C=O) groups excluding carboxylic acids is 2. The number of amides is 2. The van der Waals surface area contributed by atoms with Crippen molar-refractivity contribution in [2.24, 2.45) is 0 Å². The largest absolute Gasteiger partial charge is 0.348 e. The van der Waals surface area contributed by atoms with Gasteiger partial charge in [0.2, 0.25) is 0 Å². The number of rotatable bonds is 6. The summed E-state index contributed by atoms with van der Waals surface area (Å²) in [5.74, 6) is -0.0595. The van der Waals surface area contributed by atoms with E-state index in [4.69, 9.17) is 0 Å². The van der Waals surface area contributed by atoms with Crippen molar-refractivity contribution in [1.82, 2.24) is 5.32 Å². The fraction of sp³-hybridized carbons (Fsp3) is 0.429. The van der Waals surface area contributed by atoms with Gasteiger partial charge in [0, 0.05) is 15.3 Å². The van der Waals surface area contributed by atoms with Gasteiger partial charge < -0.3 is 15.5 Å². The quantitative estimate of drug-likeness (QED) is 0.602. The molecular formula is C14H19IN3O2+. The molecule has 0 spiro atoms. The Morgan fingerprint density at radius 1 is 1.30 bits per heavy atom. The molecule has 1 aromatic carbocycles. The van der Waals surface area contributed by atoms with Gasteiger partial charge in [0.25, 0.3) is 11.8 Å². The van der Waals surface area contributed by atoms with Crippen LogP contribution in [0.5, 0.6) is 0 Å². The van der Waals surface area contributed by atoms with Gasteiger partial charge in [-0.2, -0.15) is 0 Å². The molecule has 0 bridgehead atoms. The van der Waals surface area contributed by atoms with Crippen LogP contribution in [-0.4, -0.2) is 38.0 Å². The highest BCUT2D eigenvalue weighted by molar-refractivity contribution is 14.1. The zero-order chi connectivity index (χ0) is 14.5. The first-order valence-electron chi connectivity index (χ1n) is 6.69. The van der Waals surface area contributed by atoms with Crippen molar-refractivity contribution in [3.8, 4) is 0 Å². The Bertz CT molecular complexity index is 503. The Kier molecular flexibility index (Phi) is 5.36. The molecule has 20 heavy (non-hydrogen) atoms. The number of anilines is 1. The SMILES string of the molecule is C[NH+](CC(=O)Nc1cccc(I)c1)CC(=O)NC1CC1. The summed E-state index contributed by atoms with van der Waals surface area (Å²) < 4.78 is 1.07. The van der Waals surface area contributed by atoms with Crippen molar-refractivity contribution in [2.45, 2.75) is 18.9 Å². The van der Waals surface area contributed by atoms with Crippen molar-refractivity contribution >= 4 is 40.1 Å². The zero-order valence-corrected chi connectivity index (χ0v) is 13.6. The number of carbonyl (C=O) groups is 2. The third kappa shape index (κ3) is 5.46. The Morgan fingerprint density at radius 2 is 2.00 bits per heavy atom. The van der Waals surface area contributed by atoms with Crippen molar-refractivity contribution in [3.05, 3.63) is 27.8 Å². The van der Waals surface area contributed by atoms with Crippen LogP contribution in [-0.2, 0) is 9.59 Å². The third-order valence-electron chi connectivity index (χ3n) is 2.98. The van der Waals surface area contributed by atoms with Crippen LogP contribution in [0.15, 0.2) is 24.3 Å². The lowest BCUT2D eigenvalue weighted by Crippen LogP contribution is -3.11. The number of hydrogen-bond donors (Lipinski definition) is 3. The predicted octanol–water partition coefficient (Wildman–Crippen LogP) is 0.0230. The summed E-state index contributed by atoms with van der Waals surface area (Å²) in [5, 5.41) is 5.77. The van der Waals surface area contributed by atoms with Gasteiger partial charge >= 0.3 is 0 Å². The topological polar surface area (TPSA) is 62.6 Å². The van der Waals surface area contributed by atoms with Crippen LogP contribution < -0.4 is 15.5 Å². The smallest absolute Gasteiger partial charge is 0.279 e. The van der Waals surface area contributed by atoms with E-state index in [0.29, 0.717) is 12.6 Å². The minimum absolute atomic E-state index is 0.0204. The third-order valence-corrected chi connectivity index (χ3v) is 3.65. The van der Waals surface area contributed by atoms with Crippen LogP contribution in [0, 0.1) is 3.57 Å². The molecule has 0 aliphatic heterocycles. The van der Waals surface area contributed by atoms with Crippen LogP contribution in [0.2, 0.25) is 0 Å². The van der Waals surface area contributed by atoms with Crippen molar-refractivity contribution in [3.63, 3.8) is 0 Å². The molecule has 1 fully saturated rings. The van der Waals surface area contributed by atoms with Crippen LogP contribution in [0.1, 0.15) is 12.8 Å². The van der Waals surface area contributed by atoms with Gasteiger partial charge in [0.15, 0.2) is 13.1 Å². The number of likely N-dealkylation sites (N-methyl/N-ethyl adjacent to an activating group) is 1. The number of nitrogens with one attached hydrogen (secondary N) is 3. The lowest BCUT2D eigenvalue weighted by molar-refractivity contribution is -0.862. The first kappa shape index (κ1) is 15.2. The van der Waals surface area contributed by atoms with E-state index < -0.39 is 0 Å². The molecule has 1 aliphatic carbocycles. The molecule has 1 atom stereocenters. The van der Waals surface area contributed by atoms with E-state index in [0.717, 1.165) is 27.0 Å². The van der Waals surface area contributed by atoms with Gasteiger partial charge in [-0.3, -0.25) is 9.59 Å². The molecule has 0 heterocycles. The predicted molar refractivity (Wildman–Crippen MR) is 85.6 cm³/mol. The number of halogens is 1. The molecule has 2 amide bonds. The van der Waals surface area contributed by atoms with Gasteiger partial charge in [-0.05, 0) is 53.6 Å². The summed E-state index contributed by atoms with van der Waals surface area (Å²) in [6.07, 6.45) is 2.16. The molecule has 0 aromatic heterocycles. The molecule has 1 unspecified atom stereocenters. The van der Waals surface area contributed by atoms with Gasteiger partial charge in [0.1, 0.15) is 0 Å². The maximum absolute atomic E-state index is 11.9. The van der Waals surface area contributed by atoms with Gasteiger partial charge in [-0.25, -0.2) is 0 Å². The Morgan fingerprint density at radius 3 is 2.65 bits per heavy atom. The molecule has 108 valence electrons. The van der Waals surface area contributed by atoms with E-state index in [1.807, 2.05) is 31.3 Å². The standard InChI is InChI=1S/C14H18IN3O2/c1-18(8-13(19)16-11-5-6-11)9-14(20)17-12-4-2-3-10(15)7-12/h2-4,7,11H,5-6,8-9H2,1H3,(H,16,19)(H,17,20)/p+1. The fourth-order valence-corrected chi connectivity index (χ4v) is 2.43. The van der Waals surface area contributed by atoms with Crippen LogP contribution >= 0.6 is 22.6 Å². The van der Waals surface area contributed by atoms with Crippen molar-refractivity contribution in [1.29, 1.82) is 0 Å². The molecule has 2 rings (SSSR count). The van der Waals surface area contributed by atoms with Crippen LogP contribution in [0.4, 0.5) is 5.69 Å². The second-order valence-electron chi connectivity index (χ2n) is 5.21. The van der Waals surface area contributed by atoms with E-state index in [1.54, 1.807) is 0 Å². The number of hydrogen-bond acceptors (Lipinski definition) is 2. The lowest BCUT2D eigenvalue weighted by Gasteiger charge is -2.13. The fourth-order valence-electron chi connectivity index (χ4n) is 1.89. The minimum atomic E-state index is -0.0799. The average Bonchev–Trinajstić information content (AvgIpc) is 3.11. The second-order valence-corrected chi connectivity index (χ2v) is 6.46. The molecule has 0 saturated heterocycles. The maximum atomic E-state index is 11.9. The molecule has 3 N–H and O–H groups in total. The van der Waals surface area contributed by atoms with E-state index in [-0.39, 0.29) is 18.4 Å². The van der Waals surface area contributed by atoms with Gasteiger partial charge in [0.05, 0.1) is 7.05 Å². The minimum Gasteiger partial charge on any atom is -0.348 e. The maximum Gasteiger partial charge on any atom is 0.279 e. The molecule has 1 saturated carbocycles. The highest BCUT2D eigenvalue weighted by Gasteiger charge is 2.24. The lowest BCUT2D eigenvalue weighted by atomic mass is 10.3. The van der Waals surface area contributed by atoms with Crippen molar-refractivity contribution in [2.75, 3.05) is 25.5 Å². The summed E-state index contributed by atoms with van der Waals surface area (Å²) in [7, 11) is 1.85. The summed E-state index contributed by atoms with van der Waals surface area (Å²) in [6, 6.07) is 8.01. The molecular weight excluding hydrogens is 369 g/mol. The second kappa shape index (κ2) is 7.03.